The van der Waals surface area contributed by atoms with E-state index in [0.717, 1.165) is 50.5 Å². The van der Waals surface area contributed by atoms with Crippen molar-refractivity contribution >= 4 is 5.69 Å². The Balaban J connectivity index is 1.41. The van der Waals surface area contributed by atoms with Gasteiger partial charge in [0.05, 0.1) is 12.8 Å². The predicted molar refractivity (Wildman–Crippen MR) is 139 cm³/mol. The van der Waals surface area contributed by atoms with Crippen LogP contribution in [0.5, 0.6) is 11.5 Å². The van der Waals surface area contributed by atoms with E-state index >= 15 is 4.39 Å². The second kappa shape index (κ2) is 12.0. The third kappa shape index (κ3) is 6.93. The van der Waals surface area contributed by atoms with Crippen LogP contribution < -0.4 is 14.8 Å². The zero-order valence-electron chi connectivity index (χ0n) is 20.8. The van der Waals surface area contributed by atoms with Crippen LogP contribution in [0.15, 0.2) is 60.9 Å². The van der Waals surface area contributed by atoms with Crippen molar-refractivity contribution in [3.05, 3.63) is 72.3 Å². The van der Waals surface area contributed by atoms with Gasteiger partial charge in [0.1, 0.15) is 23.9 Å². The summed E-state index contributed by atoms with van der Waals surface area (Å²) < 4.78 is 26.5. The van der Waals surface area contributed by atoms with Gasteiger partial charge in [0, 0.05) is 50.2 Å². The second-order valence-electron chi connectivity index (χ2n) is 9.34. The number of benzene rings is 2. The van der Waals surface area contributed by atoms with E-state index in [1.807, 2.05) is 38.4 Å². The normalized spacial score (nSPS) is 16.0. The summed E-state index contributed by atoms with van der Waals surface area (Å²) in [5.41, 5.74) is 3.25. The van der Waals surface area contributed by atoms with Gasteiger partial charge in [-0.3, -0.25) is 9.88 Å². The number of aromatic nitrogens is 1. The molecule has 0 spiro atoms. The van der Waals surface area contributed by atoms with Crippen LogP contribution in [-0.2, 0) is 6.54 Å². The monoisotopic (exact) mass is 478 g/mol. The van der Waals surface area contributed by atoms with Crippen molar-refractivity contribution in [3.63, 3.8) is 0 Å². The third-order valence-corrected chi connectivity index (χ3v) is 6.35. The summed E-state index contributed by atoms with van der Waals surface area (Å²) >= 11 is 0. The zero-order valence-corrected chi connectivity index (χ0v) is 20.8. The summed E-state index contributed by atoms with van der Waals surface area (Å²) in [6.07, 6.45) is 4.45. The van der Waals surface area contributed by atoms with Gasteiger partial charge in [-0.05, 0) is 74.4 Å². The summed E-state index contributed by atoms with van der Waals surface area (Å²) in [7, 11) is 5.71. The zero-order chi connectivity index (χ0) is 24.6. The van der Waals surface area contributed by atoms with Crippen molar-refractivity contribution in [2.75, 3.05) is 59.3 Å². The molecule has 3 aromatic rings. The minimum absolute atomic E-state index is 0.273. The number of ether oxygens (including phenoxy) is 2. The van der Waals surface area contributed by atoms with Crippen LogP contribution in [0.25, 0.3) is 11.1 Å². The van der Waals surface area contributed by atoms with Crippen LogP contribution in [0.2, 0.25) is 0 Å². The van der Waals surface area contributed by atoms with Crippen LogP contribution in [0.3, 0.4) is 0 Å². The van der Waals surface area contributed by atoms with E-state index < -0.39 is 0 Å². The van der Waals surface area contributed by atoms with Crippen LogP contribution in [-0.4, -0.2) is 68.8 Å². The quantitative estimate of drug-likeness (QED) is 0.428. The summed E-state index contributed by atoms with van der Waals surface area (Å²) in [5, 5.41) is 3.48. The molecule has 4 rings (SSSR count). The maximum absolute atomic E-state index is 15.1. The number of rotatable bonds is 11. The Morgan fingerprint density at radius 1 is 1.14 bits per heavy atom. The van der Waals surface area contributed by atoms with Gasteiger partial charge in [0.15, 0.2) is 0 Å². The van der Waals surface area contributed by atoms with Gasteiger partial charge in [0.25, 0.3) is 0 Å². The largest absolute Gasteiger partial charge is 0.497 e. The molecule has 1 aliphatic rings. The van der Waals surface area contributed by atoms with Gasteiger partial charge >= 0.3 is 0 Å². The van der Waals surface area contributed by atoms with Crippen molar-refractivity contribution < 1.29 is 13.9 Å². The fourth-order valence-corrected chi connectivity index (χ4v) is 4.41. The minimum atomic E-state index is -0.273. The van der Waals surface area contributed by atoms with Crippen LogP contribution in [0, 0.1) is 11.7 Å². The van der Waals surface area contributed by atoms with Gasteiger partial charge in [-0.25, -0.2) is 4.39 Å². The van der Waals surface area contributed by atoms with Crippen molar-refractivity contribution in [2.24, 2.45) is 5.92 Å². The molecule has 0 radical (unpaired) electrons. The molecular formula is C28H35FN4O2. The number of methoxy groups -OCH3 is 1. The molecule has 0 bridgehead atoms. The Kier molecular flexibility index (Phi) is 8.55. The van der Waals surface area contributed by atoms with Crippen molar-refractivity contribution in [2.45, 2.75) is 13.0 Å². The molecule has 7 heteroatoms. The molecule has 1 aliphatic heterocycles. The molecule has 1 N–H and O–H groups in total. The summed E-state index contributed by atoms with van der Waals surface area (Å²) in [4.78, 5) is 8.57. The lowest BCUT2D eigenvalue weighted by Crippen LogP contribution is -2.23. The smallest absolute Gasteiger partial charge is 0.143 e. The summed E-state index contributed by atoms with van der Waals surface area (Å²) in [6, 6.07) is 15.2. The first kappa shape index (κ1) is 24.9. The van der Waals surface area contributed by atoms with Gasteiger partial charge in [-0.15, -0.1) is 0 Å². The van der Waals surface area contributed by atoms with Gasteiger partial charge in [-0.2, -0.15) is 0 Å². The molecule has 1 fully saturated rings. The number of halogens is 1. The molecule has 1 aromatic heterocycles. The first-order valence-electron chi connectivity index (χ1n) is 12.1. The molecule has 0 saturated carbocycles. The van der Waals surface area contributed by atoms with E-state index in [-0.39, 0.29) is 5.82 Å². The lowest BCUT2D eigenvalue weighted by molar-refractivity contribution is 0.262. The first-order valence-corrected chi connectivity index (χ1v) is 12.1. The van der Waals surface area contributed by atoms with E-state index in [1.54, 1.807) is 31.6 Å². The van der Waals surface area contributed by atoms with Gasteiger partial charge < -0.3 is 19.7 Å². The third-order valence-electron chi connectivity index (χ3n) is 6.35. The molecule has 1 atom stereocenters. The fourth-order valence-electron chi connectivity index (χ4n) is 4.41. The highest BCUT2D eigenvalue weighted by molar-refractivity contribution is 5.71. The Morgan fingerprint density at radius 3 is 2.74 bits per heavy atom. The predicted octanol–water partition coefficient (Wildman–Crippen LogP) is 4.77. The molecule has 2 aromatic carbocycles. The van der Waals surface area contributed by atoms with E-state index in [4.69, 9.17) is 9.47 Å². The number of hydrogen-bond donors (Lipinski definition) is 1. The highest BCUT2D eigenvalue weighted by atomic mass is 19.1. The van der Waals surface area contributed by atoms with Crippen LogP contribution in [0.1, 0.15) is 12.0 Å². The number of nitrogens with one attached hydrogen (secondary N) is 1. The summed E-state index contributed by atoms with van der Waals surface area (Å²) in [5.74, 6) is 1.77. The lowest BCUT2D eigenvalue weighted by atomic mass is 10.0. The number of anilines is 1. The maximum atomic E-state index is 15.1. The number of likely N-dealkylation sites (tertiary alicyclic amines) is 1. The lowest BCUT2D eigenvalue weighted by Gasteiger charge is -2.19. The molecule has 1 saturated heterocycles. The highest BCUT2D eigenvalue weighted by Crippen LogP contribution is 2.34. The maximum Gasteiger partial charge on any atom is 0.143 e. The molecule has 1 unspecified atom stereocenters. The Morgan fingerprint density at radius 2 is 1.97 bits per heavy atom. The fraction of sp³-hybridized carbons (Fsp3) is 0.393. The SMILES string of the molecule is COc1cccc(CN2CCC(CNc3cc(F)c(-c4ccncc4)cc3OCCN(C)C)C2)c1. The summed E-state index contributed by atoms with van der Waals surface area (Å²) in [6.45, 7) is 5.03. The first-order chi connectivity index (χ1) is 17.0. The molecule has 2 heterocycles. The minimum Gasteiger partial charge on any atom is -0.497 e. The van der Waals surface area contributed by atoms with E-state index in [0.29, 0.717) is 29.5 Å². The van der Waals surface area contributed by atoms with Crippen molar-refractivity contribution in [1.29, 1.82) is 0 Å². The van der Waals surface area contributed by atoms with Gasteiger partial charge in [0.2, 0.25) is 0 Å². The highest BCUT2D eigenvalue weighted by Gasteiger charge is 2.23. The second-order valence-corrected chi connectivity index (χ2v) is 9.34. The molecule has 0 aliphatic carbocycles. The standard InChI is InChI=1S/C28H35FN4O2/c1-32(2)13-14-35-28-16-25(23-7-10-30-11-8-23)26(29)17-27(28)31-18-22-9-12-33(20-22)19-21-5-4-6-24(15-21)34-3/h4-8,10-11,15-17,22,31H,9,12-14,18-20H2,1-3H3. The molecule has 186 valence electrons. The van der Waals surface area contributed by atoms with E-state index in [9.17, 15) is 0 Å². The van der Waals surface area contributed by atoms with Crippen LogP contribution in [0.4, 0.5) is 10.1 Å². The number of likely N-dealkylation sites (N-methyl/N-ethyl adjacent to an activating group) is 1. The topological polar surface area (TPSA) is 49.9 Å². The number of pyridine rings is 1. The Labute approximate surface area is 207 Å². The van der Waals surface area contributed by atoms with Crippen molar-refractivity contribution in [3.8, 4) is 22.6 Å². The Bertz CT molecular complexity index is 1090. The molecular weight excluding hydrogens is 443 g/mol. The van der Waals surface area contributed by atoms with E-state index in [2.05, 4.69) is 32.2 Å². The van der Waals surface area contributed by atoms with Gasteiger partial charge in [-0.1, -0.05) is 12.1 Å². The average molecular weight is 479 g/mol. The average Bonchev–Trinajstić information content (AvgIpc) is 3.31. The van der Waals surface area contributed by atoms with E-state index in [1.165, 1.54) is 5.56 Å². The molecule has 0 amide bonds. The number of nitrogens with zero attached hydrogens (tertiary/aromatic N) is 3. The number of hydrogen-bond acceptors (Lipinski definition) is 6. The van der Waals surface area contributed by atoms with Crippen LogP contribution >= 0.6 is 0 Å². The Hall–Kier alpha value is -3.16. The molecule has 6 nitrogen and oxygen atoms in total. The van der Waals surface area contributed by atoms with Crippen molar-refractivity contribution in [1.82, 2.24) is 14.8 Å². The molecule has 35 heavy (non-hydrogen) atoms.